The van der Waals surface area contributed by atoms with E-state index in [0.29, 0.717) is 11.8 Å². The minimum absolute atomic E-state index is 0.547. The highest BCUT2D eigenvalue weighted by atomic mass is 16.5. The molecule has 0 saturated carbocycles. The van der Waals surface area contributed by atoms with Crippen molar-refractivity contribution in [1.82, 2.24) is 5.32 Å². The van der Waals surface area contributed by atoms with Crippen LogP contribution >= 0.6 is 0 Å². The number of hydrogen-bond acceptors (Lipinski definition) is 2. The van der Waals surface area contributed by atoms with E-state index in [-0.39, 0.29) is 0 Å². The predicted octanol–water partition coefficient (Wildman–Crippen LogP) is 3.98. The summed E-state index contributed by atoms with van der Waals surface area (Å²) in [6.45, 7) is 10.9. The maximum atomic E-state index is 5.26. The molecule has 0 aliphatic rings. The van der Waals surface area contributed by atoms with Crippen molar-refractivity contribution < 1.29 is 4.74 Å². The molecule has 0 unspecified atom stereocenters. The predicted molar refractivity (Wildman–Crippen MR) is 83.5 cm³/mol. The lowest BCUT2D eigenvalue weighted by atomic mass is 10.00. The molecule has 2 heteroatoms. The van der Waals surface area contributed by atoms with E-state index >= 15 is 0 Å². The molecule has 0 aliphatic carbocycles. The Morgan fingerprint density at radius 3 is 2.58 bits per heavy atom. The number of benzene rings is 1. The molecule has 0 aliphatic heterocycles. The first-order chi connectivity index (χ1) is 9.02. The minimum atomic E-state index is 0.547. The smallest absolute Gasteiger partial charge is 0.119 e. The summed E-state index contributed by atoms with van der Waals surface area (Å²) in [5, 5.41) is 3.52. The van der Waals surface area contributed by atoms with Gasteiger partial charge < -0.3 is 10.1 Å². The lowest BCUT2D eigenvalue weighted by molar-refractivity contribution is 0.414. The van der Waals surface area contributed by atoms with Gasteiger partial charge in [-0.2, -0.15) is 0 Å². The average Bonchev–Trinajstić information content (AvgIpc) is 2.37. The molecule has 1 aromatic rings. The molecule has 0 aromatic heterocycles. The molecule has 19 heavy (non-hydrogen) atoms. The van der Waals surface area contributed by atoms with Crippen molar-refractivity contribution in [2.24, 2.45) is 11.8 Å². The van der Waals surface area contributed by atoms with Crippen molar-refractivity contribution in [3.05, 3.63) is 35.4 Å². The van der Waals surface area contributed by atoms with Gasteiger partial charge in [0, 0.05) is 6.54 Å². The number of methoxy groups -OCH3 is 1. The van der Waals surface area contributed by atoms with Crippen LogP contribution in [0.5, 0.6) is 5.75 Å². The molecule has 0 spiro atoms. The van der Waals surface area contributed by atoms with Crippen LogP contribution in [0.4, 0.5) is 0 Å². The maximum Gasteiger partial charge on any atom is 0.119 e. The van der Waals surface area contributed by atoms with E-state index in [2.05, 4.69) is 51.2 Å². The molecule has 0 bridgehead atoms. The van der Waals surface area contributed by atoms with Crippen LogP contribution in [-0.2, 0) is 0 Å². The van der Waals surface area contributed by atoms with E-state index in [1.165, 1.54) is 11.1 Å². The zero-order valence-corrected chi connectivity index (χ0v) is 12.9. The van der Waals surface area contributed by atoms with Gasteiger partial charge in [0.2, 0.25) is 0 Å². The van der Waals surface area contributed by atoms with Crippen molar-refractivity contribution in [2.45, 2.75) is 27.7 Å². The SMILES string of the molecule is COc1cccc(C=C(CNCC(C)C)C(C)C)c1. The van der Waals surface area contributed by atoms with Gasteiger partial charge in [0.05, 0.1) is 7.11 Å². The first-order valence-electron chi connectivity index (χ1n) is 7.08. The van der Waals surface area contributed by atoms with Crippen LogP contribution in [0.2, 0.25) is 0 Å². The van der Waals surface area contributed by atoms with Gasteiger partial charge in [-0.25, -0.2) is 0 Å². The maximum absolute atomic E-state index is 5.26. The van der Waals surface area contributed by atoms with Crippen LogP contribution in [-0.4, -0.2) is 20.2 Å². The molecule has 1 N–H and O–H groups in total. The van der Waals surface area contributed by atoms with Crippen molar-refractivity contribution in [3.8, 4) is 5.75 Å². The van der Waals surface area contributed by atoms with Crippen molar-refractivity contribution >= 4 is 6.08 Å². The fourth-order valence-electron chi connectivity index (χ4n) is 1.87. The molecule has 2 nitrogen and oxygen atoms in total. The third kappa shape index (κ3) is 5.93. The first-order valence-corrected chi connectivity index (χ1v) is 7.08. The summed E-state index contributed by atoms with van der Waals surface area (Å²) in [4.78, 5) is 0. The van der Waals surface area contributed by atoms with Gasteiger partial charge in [0.1, 0.15) is 5.75 Å². The van der Waals surface area contributed by atoms with E-state index in [1.54, 1.807) is 7.11 Å². The molecule has 0 heterocycles. The number of nitrogens with one attached hydrogen (secondary N) is 1. The molecule has 0 fully saturated rings. The van der Waals surface area contributed by atoms with Crippen LogP contribution < -0.4 is 10.1 Å². The second-order valence-corrected chi connectivity index (χ2v) is 5.68. The third-order valence-corrected chi connectivity index (χ3v) is 3.07. The largest absolute Gasteiger partial charge is 0.497 e. The highest BCUT2D eigenvalue weighted by molar-refractivity contribution is 5.55. The van der Waals surface area contributed by atoms with Crippen molar-refractivity contribution in [2.75, 3.05) is 20.2 Å². The highest BCUT2D eigenvalue weighted by Gasteiger charge is 2.04. The van der Waals surface area contributed by atoms with Gasteiger partial charge >= 0.3 is 0 Å². The summed E-state index contributed by atoms with van der Waals surface area (Å²) in [6.07, 6.45) is 2.26. The van der Waals surface area contributed by atoms with Gasteiger partial charge in [-0.1, -0.05) is 51.5 Å². The first kappa shape index (κ1) is 15.8. The summed E-state index contributed by atoms with van der Waals surface area (Å²) in [5.41, 5.74) is 2.63. The lowest BCUT2D eigenvalue weighted by Crippen LogP contribution is -2.23. The summed E-state index contributed by atoms with van der Waals surface area (Å²) < 4.78 is 5.26. The topological polar surface area (TPSA) is 21.3 Å². The number of rotatable bonds is 7. The normalized spacial score (nSPS) is 12.3. The summed E-state index contributed by atoms with van der Waals surface area (Å²) in [7, 11) is 1.70. The summed E-state index contributed by atoms with van der Waals surface area (Å²) in [6, 6.07) is 8.20. The van der Waals surface area contributed by atoms with Gasteiger partial charge in [0.25, 0.3) is 0 Å². The molecular formula is C17H27NO. The van der Waals surface area contributed by atoms with Gasteiger partial charge in [0.15, 0.2) is 0 Å². The standard InChI is InChI=1S/C17H27NO/c1-13(2)11-18-12-16(14(3)4)9-15-7-6-8-17(10-15)19-5/h6-10,13-14,18H,11-12H2,1-5H3. The fourth-order valence-corrected chi connectivity index (χ4v) is 1.87. The summed E-state index contributed by atoms with van der Waals surface area (Å²) in [5.74, 6) is 2.14. The Morgan fingerprint density at radius 2 is 2.00 bits per heavy atom. The second-order valence-electron chi connectivity index (χ2n) is 5.68. The Morgan fingerprint density at radius 1 is 1.26 bits per heavy atom. The van der Waals surface area contributed by atoms with Crippen LogP contribution in [0.3, 0.4) is 0 Å². The monoisotopic (exact) mass is 261 g/mol. The van der Waals surface area contributed by atoms with E-state index < -0.39 is 0 Å². The molecule has 0 radical (unpaired) electrons. The van der Waals surface area contributed by atoms with Crippen LogP contribution in [0.1, 0.15) is 33.3 Å². The lowest BCUT2D eigenvalue weighted by Gasteiger charge is -2.14. The van der Waals surface area contributed by atoms with Crippen LogP contribution in [0.15, 0.2) is 29.8 Å². The zero-order chi connectivity index (χ0) is 14.3. The molecule has 1 aromatic carbocycles. The molecule has 0 saturated heterocycles. The molecule has 106 valence electrons. The zero-order valence-electron chi connectivity index (χ0n) is 12.9. The van der Waals surface area contributed by atoms with Gasteiger partial charge in [-0.15, -0.1) is 0 Å². The quantitative estimate of drug-likeness (QED) is 0.801. The summed E-state index contributed by atoms with van der Waals surface area (Å²) >= 11 is 0. The van der Waals surface area contributed by atoms with E-state index in [1.807, 2.05) is 12.1 Å². The Labute approximate surface area is 117 Å². The average molecular weight is 261 g/mol. The molecular weight excluding hydrogens is 234 g/mol. The van der Waals surface area contributed by atoms with E-state index in [9.17, 15) is 0 Å². The Hall–Kier alpha value is -1.28. The van der Waals surface area contributed by atoms with Gasteiger partial charge in [-0.05, 0) is 36.1 Å². The molecule has 0 amide bonds. The highest BCUT2D eigenvalue weighted by Crippen LogP contribution is 2.18. The minimum Gasteiger partial charge on any atom is -0.497 e. The molecule has 1 rings (SSSR count). The van der Waals surface area contributed by atoms with Crippen molar-refractivity contribution in [3.63, 3.8) is 0 Å². The van der Waals surface area contributed by atoms with Crippen LogP contribution in [0.25, 0.3) is 6.08 Å². The van der Waals surface area contributed by atoms with Crippen molar-refractivity contribution in [1.29, 1.82) is 0 Å². The third-order valence-electron chi connectivity index (χ3n) is 3.07. The van der Waals surface area contributed by atoms with E-state index in [4.69, 9.17) is 4.74 Å². The second kappa shape index (κ2) is 8.00. The number of ether oxygens (including phenoxy) is 1. The fraction of sp³-hybridized carbons (Fsp3) is 0.529. The Kier molecular flexibility index (Phi) is 6.65. The van der Waals surface area contributed by atoms with Gasteiger partial charge in [-0.3, -0.25) is 0 Å². The Bertz CT molecular complexity index is 407. The Balaban J connectivity index is 2.76. The van der Waals surface area contributed by atoms with Crippen LogP contribution in [0, 0.1) is 11.8 Å². The molecule has 0 atom stereocenters. The van der Waals surface area contributed by atoms with E-state index in [0.717, 1.165) is 18.8 Å². The number of hydrogen-bond donors (Lipinski definition) is 1.